The van der Waals surface area contributed by atoms with Gasteiger partial charge in [-0.2, -0.15) is 0 Å². The van der Waals surface area contributed by atoms with Crippen molar-refractivity contribution in [1.82, 2.24) is 14.6 Å². The van der Waals surface area contributed by atoms with E-state index in [0.717, 1.165) is 18.7 Å². The van der Waals surface area contributed by atoms with E-state index in [-0.39, 0.29) is 5.41 Å². The van der Waals surface area contributed by atoms with E-state index in [1.165, 1.54) is 12.8 Å². The van der Waals surface area contributed by atoms with E-state index in [1.807, 2.05) is 11.6 Å². The quantitative estimate of drug-likeness (QED) is 0.809. The number of hydrogen-bond donors (Lipinski definition) is 2. The van der Waals surface area contributed by atoms with Crippen molar-refractivity contribution < 1.29 is 8.42 Å². The van der Waals surface area contributed by atoms with Crippen LogP contribution in [0.4, 0.5) is 0 Å². The summed E-state index contributed by atoms with van der Waals surface area (Å²) in [5.74, 6) is 0. The molecule has 120 valence electrons. The van der Waals surface area contributed by atoms with Gasteiger partial charge in [-0.25, -0.2) is 13.1 Å². The summed E-state index contributed by atoms with van der Waals surface area (Å²) in [6, 6.07) is 2.37. The van der Waals surface area contributed by atoms with E-state index < -0.39 is 10.0 Å². The average molecular weight is 313 g/mol. The van der Waals surface area contributed by atoms with Gasteiger partial charge in [-0.05, 0) is 30.7 Å². The fourth-order valence-corrected chi connectivity index (χ4v) is 3.21. The molecule has 0 spiro atoms. The van der Waals surface area contributed by atoms with Gasteiger partial charge < -0.3 is 9.88 Å². The van der Waals surface area contributed by atoms with Gasteiger partial charge >= 0.3 is 0 Å². The lowest BCUT2D eigenvalue weighted by Crippen LogP contribution is -2.27. The molecule has 1 heterocycles. The van der Waals surface area contributed by atoms with E-state index in [1.54, 1.807) is 12.3 Å². The summed E-state index contributed by atoms with van der Waals surface area (Å²) < 4.78 is 29.1. The lowest BCUT2D eigenvalue weighted by Gasteiger charge is -2.17. The molecule has 21 heavy (non-hydrogen) atoms. The lowest BCUT2D eigenvalue weighted by atomic mass is 9.93. The zero-order valence-corrected chi connectivity index (χ0v) is 14.3. The molecule has 0 atom stereocenters. The number of hydrogen-bond acceptors (Lipinski definition) is 3. The number of nitrogens with one attached hydrogen (secondary N) is 2. The first kappa shape index (κ1) is 16.5. The Morgan fingerprint density at radius 3 is 2.57 bits per heavy atom. The largest absolute Gasteiger partial charge is 0.352 e. The first-order valence-corrected chi connectivity index (χ1v) is 9.04. The molecule has 1 fully saturated rings. The maximum absolute atomic E-state index is 12.3. The van der Waals surface area contributed by atoms with Crippen LogP contribution in [-0.4, -0.2) is 25.6 Å². The van der Waals surface area contributed by atoms with E-state index >= 15 is 0 Å². The molecule has 0 saturated heterocycles. The Labute approximate surface area is 128 Å². The van der Waals surface area contributed by atoms with Crippen LogP contribution in [0.3, 0.4) is 0 Å². The second-order valence-corrected chi connectivity index (χ2v) is 8.91. The third-order valence-corrected chi connectivity index (χ3v) is 5.14. The summed E-state index contributed by atoms with van der Waals surface area (Å²) in [6.07, 6.45) is 4.95. The van der Waals surface area contributed by atoms with Crippen LogP contribution in [0.25, 0.3) is 0 Å². The summed E-state index contributed by atoms with van der Waals surface area (Å²) in [5.41, 5.74) is 1.12. The highest BCUT2D eigenvalue weighted by Crippen LogP contribution is 2.21. The van der Waals surface area contributed by atoms with Crippen molar-refractivity contribution in [2.75, 3.05) is 6.54 Å². The van der Waals surface area contributed by atoms with Gasteiger partial charge in [0.2, 0.25) is 10.0 Å². The lowest BCUT2D eigenvalue weighted by molar-refractivity contribution is 0.378. The minimum Gasteiger partial charge on any atom is -0.352 e. The molecule has 0 aromatic carbocycles. The number of sulfonamides is 1. The first-order chi connectivity index (χ1) is 9.67. The minimum atomic E-state index is -3.41. The van der Waals surface area contributed by atoms with Gasteiger partial charge in [-0.3, -0.25) is 0 Å². The van der Waals surface area contributed by atoms with Crippen LogP contribution in [0.5, 0.6) is 0 Å². The van der Waals surface area contributed by atoms with Crippen LogP contribution in [0, 0.1) is 5.41 Å². The highest BCUT2D eigenvalue weighted by molar-refractivity contribution is 7.89. The van der Waals surface area contributed by atoms with Gasteiger partial charge in [0, 0.05) is 38.1 Å². The van der Waals surface area contributed by atoms with E-state index in [4.69, 9.17) is 0 Å². The maximum atomic E-state index is 12.3. The Balaban J connectivity index is 1.96. The predicted molar refractivity (Wildman–Crippen MR) is 84.5 cm³/mol. The number of rotatable bonds is 7. The SMILES string of the molecule is Cn1cc(S(=O)(=O)NCCC(C)(C)C)cc1CNC1CC1. The van der Waals surface area contributed by atoms with Gasteiger partial charge in [-0.1, -0.05) is 20.8 Å². The zero-order valence-electron chi connectivity index (χ0n) is 13.4. The Kier molecular flexibility index (Phi) is 4.80. The topological polar surface area (TPSA) is 63.1 Å². The monoisotopic (exact) mass is 313 g/mol. The second-order valence-electron chi connectivity index (χ2n) is 7.14. The van der Waals surface area contributed by atoms with E-state index in [0.29, 0.717) is 17.5 Å². The highest BCUT2D eigenvalue weighted by atomic mass is 32.2. The first-order valence-electron chi connectivity index (χ1n) is 7.56. The van der Waals surface area contributed by atoms with Gasteiger partial charge in [0.05, 0.1) is 4.90 Å². The van der Waals surface area contributed by atoms with Gasteiger partial charge in [0.25, 0.3) is 0 Å². The standard InChI is InChI=1S/C15H27N3O2S/c1-15(2,3)7-8-17-21(19,20)14-9-13(18(4)11-14)10-16-12-5-6-12/h9,11-12,16-17H,5-8,10H2,1-4H3. The van der Waals surface area contributed by atoms with Crippen LogP contribution in [0.2, 0.25) is 0 Å². The van der Waals surface area contributed by atoms with Crippen molar-refractivity contribution in [3.8, 4) is 0 Å². The number of aromatic nitrogens is 1. The normalized spacial score (nSPS) is 16.4. The van der Waals surface area contributed by atoms with E-state index in [9.17, 15) is 8.42 Å². The van der Waals surface area contributed by atoms with Crippen LogP contribution < -0.4 is 10.0 Å². The summed E-state index contributed by atoms with van der Waals surface area (Å²) in [5, 5.41) is 3.41. The molecule has 1 aromatic rings. The van der Waals surface area contributed by atoms with E-state index in [2.05, 4.69) is 30.8 Å². The Morgan fingerprint density at radius 2 is 2.00 bits per heavy atom. The van der Waals surface area contributed by atoms with Crippen LogP contribution in [0.15, 0.2) is 17.2 Å². The third kappa shape index (κ3) is 5.13. The molecule has 0 bridgehead atoms. The summed E-state index contributed by atoms with van der Waals surface area (Å²) in [6.45, 7) is 7.50. The molecule has 1 aliphatic carbocycles. The minimum absolute atomic E-state index is 0.124. The molecule has 0 amide bonds. The van der Waals surface area contributed by atoms with Crippen molar-refractivity contribution >= 4 is 10.0 Å². The molecule has 0 aliphatic heterocycles. The van der Waals surface area contributed by atoms with Crippen molar-refractivity contribution in [3.63, 3.8) is 0 Å². The molecule has 0 unspecified atom stereocenters. The molecular weight excluding hydrogens is 286 g/mol. The second kappa shape index (κ2) is 6.10. The molecule has 2 N–H and O–H groups in total. The molecule has 1 saturated carbocycles. The van der Waals surface area contributed by atoms with Gasteiger partial charge in [-0.15, -0.1) is 0 Å². The van der Waals surface area contributed by atoms with Gasteiger partial charge in [0.15, 0.2) is 0 Å². The average Bonchev–Trinajstić information content (AvgIpc) is 3.08. The zero-order chi connectivity index (χ0) is 15.7. The smallest absolute Gasteiger partial charge is 0.242 e. The van der Waals surface area contributed by atoms with Crippen LogP contribution in [-0.2, 0) is 23.6 Å². The molecule has 1 aromatic heterocycles. The van der Waals surface area contributed by atoms with Crippen LogP contribution in [0.1, 0.15) is 45.7 Å². The number of aryl methyl sites for hydroxylation is 1. The molecular formula is C15H27N3O2S. The highest BCUT2D eigenvalue weighted by Gasteiger charge is 2.22. The molecule has 6 heteroatoms. The molecule has 0 radical (unpaired) electrons. The fraction of sp³-hybridized carbons (Fsp3) is 0.733. The molecule has 2 rings (SSSR count). The van der Waals surface area contributed by atoms with Crippen molar-refractivity contribution in [2.45, 2.75) is 57.5 Å². The Hall–Kier alpha value is -0.850. The Morgan fingerprint density at radius 1 is 1.33 bits per heavy atom. The number of nitrogens with zero attached hydrogens (tertiary/aromatic N) is 1. The third-order valence-electron chi connectivity index (χ3n) is 3.71. The summed E-state index contributed by atoms with van der Waals surface area (Å²) in [4.78, 5) is 0.353. The van der Waals surface area contributed by atoms with Crippen LogP contribution >= 0.6 is 0 Å². The Bertz CT molecular complexity index is 581. The summed E-state index contributed by atoms with van der Waals surface area (Å²) in [7, 11) is -1.52. The molecule has 1 aliphatic rings. The van der Waals surface area contributed by atoms with Crippen molar-refractivity contribution in [3.05, 3.63) is 18.0 Å². The summed E-state index contributed by atoms with van der Waals surface area (Å²) >= 11 is 0. The van der Waals surface area contributed by atoms with Crippen molar-refractivity contribution in [2.24, 2.45) is 12.5 Å². The van der Waals surface area contributed by atoms with Gasteiger partial charge in [0.1, 0.15) is 0 Å². The fourth-order valence-electron chi connectivity index (χ4n) is 2.08. The molecule has 5 nitrogen and oxygen atoms in total. The maximum Gasteiger partial charge on any atom is 0.242 e. The predicted octanol–water partition coefficient (Wildman–Crippen LogP) is 1.99. The van der Waals surface area contributed by atoms with Crippen molar-refractivity contribution in [1.29, 1.82) is 0 Å².